The summed E-state index contributed by atoms with van der Waals surface area (Å²) in [7, 11) is 0. The molecule has 3 aromatic carbocycles. The highest BCUT2D eigenvalue weighted by Gasteiger charge is 2.72. The summed E-state index contributed by atoms with van der Waals surface area (Å²) >= 11 is 0. The predicted molar refractivity (Wildman–Crippen MR) is 169 cm³/mol. The molecule has 0 unspecified atom stereocenters. The number of cyclic esters (lactones) is 1. The van der Waals surface area contributed by atoms with Crippen LogP contribution in [0.1, 0.15) is 62.4 Å². The van der Waals surface area contributed by atoms with E-state index in [0.29, 0.717) is 0 Å². The fourth-order valence-electron chi connectivity index (χ4n) is 6.68. The van der Waals surface area contributed by atoms with E-state index in [0.717, 1.165) is 16.7 Å². The summed E-state index contributed by atoms with van der Waals surface area (Å²) in [6.45, 7) is 13.5. The van der Waals surface area contributed by atoms with Gasteiger partial charge in [-0.2, -0.15) is 0 Å². The molecule has 228 valence electrons. The molecule has 2 aliphatic heterocycles. The van der Waals surface area contributed by atoms with Gasteiger partial charge in [-0.3, -0.25) is 9.69 Å². The van der Waals surface area contributed by atoms with Gasteiger partial charge in [-0.25, -0.2) is 9.59 Å². The topological polar surface area (TPSA) is 76.2 Å². The number of rotatable bonds is 11. The first-order valence-corrected chi connectivity index (χ1v) is 15.0. The largest absolute Gasteiger partial charge is 0.458 e. The zero-order valence-electron chi connectivity index (χ0n) is 25.6. The monoisotopic (exact) mass is 592 g/mol. The van der Waals surface area contributed by atoms with Crippen LogP contribution in [-0.4, -0.2) is 51.1 Å². The highest BCUT2D eigenvalue weighted by Crippen LogP contribution is 2.57. The van der Waals surface area contributed by atoms with E-state index >= 15 is 4.79 Å². The number of amides is 2. The Balaban J connectivity index is 1.74. The molecule has 2 aliphatic rings. The van der Waals surface area contributed by atoms with E-state index < -0.39 is 40.8 Å². The van der Waals surface area contributed by atoms with Crippen LogP contribution in [-0.2, 0) is 25.5 Å². The fraction of sp³-hybridized carbons (Fsp3) is 0.324. The van der Waals surface area contributed by atoms with Crippen molar-refractivity contribution in [3.63, 3.8) is 0 Å². The molecule has 7 nitrogen and oxygen atoms in total. The Kier molecular flexibility index (Phi) is 8.51. The van der Waals surface area contributed by atoms with Crippen LogP contribution >= 0.6 is 0 Å². The lowest BCUT2D eigenvalue weighted by atomic mass is 9.66. The van der Waals surface area contributed by atoms with Gasteiger partial charge in [0.1, 0.15) is 17.7 Å². The molecule has 5 rings (SSSR count). The summed E-state index contributed by atoms with van der Waals surface area (Å²) in [6.07, 6.45) is 3.24. The minimum Gasteiger partial charge on any atom is -0.458 e. The van der Waals surface area contributed by atoms with Gasteiger partial charge in [0.25, 0.3) is 5.91 Å². The van der Waals surface area contributed by atoms with E-state index in [1.165, 1.54) is 0 Å². The van der Waals surface area contributed by atoms with Crippen molar-refractivity contribution in [2.45, 2.75) is 68.8 Å². The quantitative estimate of drug-likeness (QED) is 0.136. The van der Waals surface area contributed by atoms with Gasteiger partial charge in [0.2, 0.25) is 0 Å². The van der Waals surface area contributed by atoms with Gasteiger partial charge in [0.15, 0.2) is 5.54 Å². The molecule has 0 spiro atoms. The molecule has 0 bridgehead atoms. The maximum Gasteiger partial charge on any atom is 0.411 e. The molecule has 7 heteroatoms. The highest BCUT2D eigenvalue weighted by molar-refractivity contribution is 6.02. The Morgan fingerprint density at radius 1 is 0.909 bits per heavy atom. The number of carbonyl (C=O) groups excluding carboxylic acids is 3. The lowest BCUT2D eigenvalue weighted by molar-refractivity contribution is -0.205. The molecule has 2 heterocycles. The van der Waals surface area contributed by atoms with Crippen LogP contribution in [0.4, 0.5) is 4.79 Å². The van der Waals surface area contributed by atoms with Crippen LogP contribution in [0.25, 0.3) is 0 Å². The van der Waals surface area contributed by atoms with Crippen molar-refractivity contribution in [1.82, 2.24) is 9.80 Å². The molecule has 44 heavy (non-hydrogen) atoms. The fourth-order valence-corrected chi connectivity index (χ4v) is 6.68. The smallest absolute Gasteiger partial charge is 0.411 e. The van der Waals surface area contributed by atoms with Crippen molar-refractivity contribution >= 4 is 18.0 Å². The van der Waals surface area contributed by atoms with E-state index in [1.54, 1.807) is 22.0 Å². The molecule has 3 aromatic rings. The summed E-state index contributed by atoms with van der Waals surface area (Å²) < 4.78 is 11.7. The van der Waals surface area contributed by atoms with Crippen LogP contribution in [0.2, 0.25) is 0 Å². The Labute approximate surface area is 259 Å². The molecule has 4 atom stereocenters. The third kappa shape index (κ3) is 5.32. The van der Waals surface area contributed by atoms with Crippen LogP contribution in [0.5, 0.6) is 0 Å². The second kappa shape index (κ2) is 12.2. The number of esters is 1. The second-order valence-electron chi connectivity index (χ2n) is 12.5. The number of hydrogen-bond acceptors (Lipinski definition) is 5. The lowest BCUT2D eigenvalue weighted by Gasteiger charge is -2.64. The van der Waals surface area contributed by atoms with Gasteiger partial charge in [0.05, 0.1) is 12.1 Å². The average molecular weight is 593 g/mol. The summed E-state index contributed by atoms with van der Waals surface area (Å²) in [5.41, 5.74) is -1.17. The number of carbonyl (C=O) groups is 3. The molecular weight excluding hydrogens is 552 g/mol. The van der Waals surface area contributed by atoms with Crippen LogP contribution in [0.15, 0.2) is 116 Å². The van der Waals surface area contributed by atoms with E-state index in [1.807, 2.05) is 112 Å². The number of ether oxygens (including phenoxy) is 2. The predicted octanol–water partition coefficient (Wildman–Crippen LogP) is 6.98. The highest BCUT2D eigenvalue weighted by atomic mass is 16.6. The normalized spacial score (nSPS) is 22.9. The number of β-lactam (4-membered cyclic amide) rings is 1. The second-order valence-corrected chi connectivity index (χ2v) is 12.5. The third-order valence-corrected chi connectivity index (χ3v) is 8.42. The maximum absolute atomic E-state index is 15.1. The Hall–Kier alpha value is -4.65. The number of benzene rings is 3. The molecule has 0 saturated carbocycles. The molecule has 2 fully saturated rings. The summed E-state index contributed by atoms with van der Waals surface area (Å²) in [4.78, 5) is 46.5. The minimum absolute atomic E-state index is 0.102. The zero-order chi connectivity index (χ0) is 31.5. The Morgan fingerprint density at radius 2 is 1.48 bits per heavy atom. The van der Waals surface area contributed by atoms with Crippen LogP contribution in [0, 0.1) is 0 Å². The van der Waals surface area contributed by atoms with Crippen LogP contribution in [0.3, 0.4) is 0 Å². The molecule has 0 aliphatic carbocycles. The first kappa shape index (κ1) is 30.8. The molecular formula is C37H40N2O5. The number of hydrogen-bond donors (Lipinski definition) is 0. The minimum atomic E-state index is -1.45. The van der Waals surface area contributed by atoms with Crippen molar-refractivity contribution in [2.75, 3.05) is 6.61 Å². The summed E-state index contributed by atoms with van der Waals surface area (Å²) in [5, 5.41) is 0. The van der Waals surface area contributed by atoms with Crippen molar-refractivity contribution in [3.8, 4) is 0 Å². The van der Waals surface area contributed by atoms with Gasteiger partial charge in [-0.1, -0.05) is 103 Å². The van der Waals surface area contributed by atoms with Crippen molar-refractivity contribution in [2.24, 2.45) is 0 Å². The SMILES string of the molecule is C=CC[C@@](Cc1ccccc1)(C(=O)OC(C)(C)C)N1C(=O)[C@](CC=C)(N2C(=O)OC[C@@H]2c2ccccc2)[C@H]1c1ccccc1. The van der Waals surface area contributed by atoms with E-state index in [9.17, 15) is 9.59 Å². The Bertz CT molecular complexity index is 1520. The number of likely N-dealkylation sites (tertiary alicyclic amines) is 1. The average Bonchev–Trinajstić information content (AvgIpc) is 3.40. The maximum atomic E-state index is 15.1. The van der Waals surface area contributed by atoms with Crippen molar-refractivity contribution in [3.05, 3.63) is 133 Å². The first-order chi connectivity index (χ1) is 21.1. The van der Waals surface area contributed by atoms with Gasteiger partial charge in [0, 0.05) is 6.42 Å². The molecule has 0 radical (unpaired) electrons. The molecule has 0 N–H and O–H groups in total. The first-order valence-electron chi connectivity index (χ1n) is 15.0. The summed E-state index contributed by atoms with van der Waals surface area (Å²) in [6, 6.07) is 27.5. The molecule has 2 amide bonds. The van der Waals surface area contributed by atoms with Gasteiger partial charge in [-0.05, 0) is 50.3 Å². The van der Waals surface area contributed by atoms with E-state index in [-0.39, 0.29) is 31.8 Å². The van der Waals surface area contributed by atoms with Gasteiger partial charge in [-0.15, -0.1) is 13.2 Å². The lowest BCUT2D eigenvalue weighted by Crippen LogP contribution is -2.81. The third-order valence-electron chi connectivity index (χ3n) is 8.42. The molecule has 2 saturated heterocycles. The van der Waals surface area contributed by atoms with Gasteiger partial charge < -0.3 is 14.4 Å². The Morgan fingerprint density at radius 3 is 2.02 bits per heavy atom. The zero-order valence-corrected chi connectivity index (χ0v) is 25.6. The van der Waals surface area contributed by atoms with E-state index in [2.05, 4.69) is 13.2 Å². The summed E-state index contributed by atoms with van der Waals surface area (Å²) in [5.74, 6) is -0.895. The standard InChI is InChI=1S/C37H40N2O5/c1-6-23-36(33(41)44-35(3,4)5,25-27-17-11-8-12-18-27)39-31(29-21-15-10-16-22-29)37(24-7-2,32(39)40)38-30(26-43-34(38)42)28-19-13-9-14-20-28/h6-22,30-31H,1-2,23-26H2,3-5H3/t30-,31-,36-,37-/m1/s1. The molecule has 0 aromatic heterocycles. The van der Waals surface area contributed by atoms with E-state index in [4.69, 9.17) is 9.47 Å². The number of nitrogens with zero attached hydrogens (tertiary/aromatic N) is 2. The van der Waals surface area contributed by atoms with Gasteiger partial charge >= 0.3 is 12.1 Å². The van der Waals surface area contributed by atoms with Crippen molar-refractivity contribution < 1.29 is 23.9 Å². The van der Waals surface area contributed by atoms with Crippen molar-refractivity contribution in [1.29, 1.82) is 0 Å². The van der Waals surface area contributed by atoms with Crippen LogP contribution < -0.4 is 0 Å².